The van der Waals surface area contributed by atoms with Crippen molar-refractivity contribution in [2.45, 2.75) is 38.5 Å². The van der Waals surface area contributed by atoms with Gasteiger partial charge in [0.1, 0.15) is 12.6 Å². The third-order valence-electron chi connectivity index (χ3n) is 4.23. The van der Waals surface area contributed by atoms with Crippen molar-refractivity contribution in [1.82, 2.24) is 4.90 Å². The molecule has 2 rings (SSSR count). The fraction of sp³-hybridized carbons (Fsp3) is 0.333. The fourth-order valence-corrected chi connectivity index (χ4v) is 2.78. The van der Waals surface area contributed by atoms with Crippen molar-refractivity contribution < 1.29 is 19.4 Å². The second kappa shape index (κ2) is 11.0. The van der Waals surface area contributed by atoms with Crippen LogP contribution in [0.1, 0.15) is 30.4 Å². The number of carbonyl (C=O) groups is 2. The fourth-order valence-electron chi connectivity index (χ4n) is 2.78. The number of unbranched alkanes of at least 4 members (excludes halogenated alkanes) is 1. The van der Waals surface area contributed by atoms with E-state index in [9.17, 15) is 14.7 Å². The molecule has 1 amide bonds. The number of rotatable bonds is 10. The first-order valence-electron chi connectivity index (χ1n) is 9.06. The van der Waals surface area contributed by atoms with Crippen molar-refractivity contribution in [3.63, 3.8) is 0 Å². The normalized spacial score (nSPS) is 11.6. The second-order valence-electron chi connectivity index (χ2n) is 6.29. The average molecular weight is 370 g/mol. The standard InChI is InChI=1S/C21H26N2O4/c22-14-8-7-13-19(20(24)25)23(15-17-9-3-1-4-10-17)21(26)27-16-18-11-5-2-6-12-18/h1-6,9-12,19H,7-8,13-16,22H2,(H,24,25)/t19-/m0/s1. The highest BCUT2D eigenvalue weighted by molar-refractivity contribution is 5.80. The Balaban J connectivity index is 2.13. The first-order chi connectivity index (χ1) is 13.1. The van der Waals surface area contributed by atoms with Gasteiger partial charge in [-0.05, 0) is 36.9 Å². The monoisotopic (exact) mass is 370 g/mol. The summed E-state index contributed by atoms with van der Waals surface area (Å²) in [6, 6.07) is 17.6. The van der Waals surface area contributed by atoms with Gasteiger partial charge in [-0.25, -0.2) is 9.59 Å². The van der Waals surface area contributed by atoms with Gasteiger partial charge in [0.25, 0.3) is 0 Å². The minimum absolute atomic E-state index is 0.0973. The highest BCUT2D eigenvalue weighted by Crippen LogP contribution is 2.16. The summed E-state index contributed by atoms with van der Waals surface area (Å²) in [4.78, 5) is 25.8. The van der Waals surface area contributed by atoms with E-state index >= 15 is 0 Å². The molecular formula is C21H26N2O4. The Kier molecular flexibility index (Phi) is 8.32. The molecule has 0 aliphatic heterocycles. The average Bonchev–Trinajstić information content (AvgIpc) is 2.69. The molecular weight excluding hydrogens is 344 g/mol. The largest absolute Gasteiger partial charge is 0.480 e. The number of nitrogens with zero attached hydrogens (tertiary/aromatic N) is 1. The summed E-state index contributed by atoms with van der Waals surface area (Å²) in [5.41, 5.74) is 7.20. The molecule has 0 spiro atoms. The summed E-state index contributed by atoms with van der Waals surface area (Å²) in [5.74, 6) is -1.04. The van der Waals surface area contributed by atoms with E-state index in [1.807, 2.05) is 60.7 Å². The molecule has 2 aromatic rings. The van der Waals surface area contributed by atoms with Crippen LogP contribution in [0.4, 0.5) is 4.79 Å². The molecule has 6 heteroatoms. The molecule has 0 fully saturated rings. The maximum atomic E-state index is 12.7. The van der Waals surface area contributed by atoms with E-state index in [4.69, 9.17) is 10.5 Å². The van der Waals surface area contributed by atoms with Gasteiger partial charge in [0.15, 0.2) is 0 Å². The highest BCUT2D eigenvalue weighted by atomic mass is 16.6. The zero-order valence-corrected chi connectivity index (χ0v) is 15.3. The number of ether oxygens (including phenoxy) is 1. The molecule has 3 N–H and O–H groups in total. The number of amides is 1. The van der Waals surface area contributed by atoms with Crippen molar-refractivity contribution in [2.75, 3.05) is 6.54 Å². The summed E-state index contributed by atoms with van der Waals surface area (Å²) in [5, 5.41) is 9.67. The Hall–Kier alpha value is -2.86. The molecule has 0 radical (unpaired) electrons. The smallest absolute Gasteiger partial charge is 0.411 e. The van der Waals surface area contributed by atoms with Crippen LogP contribution >= 0.6 is 0 Å². The van der Waals surface area contributed by atoms with E-state index in [2.05, 4.69) is 0 Å². The van der Waals surface area contributed by atoms with Gasteiger partial charge in [-0.1, -0.05) is 60.7 Å². The van der Waals surface area contributed by atoms with Crippen LogP contribution in [0, 0.1) is 0 Å². The molecule has 0 saturated carbocycles. The van der Waals surface area contributed by atoms with E-state index in [0.717, 1.165) is 11.1 Å². The van der Waals surface area contributed by atoms with Crippen LogP contribution in [0.3, 0.4) is 0 Å². The Morgan fingerprint density at radius 1 is 0.963 bits per heavy atom. The zero-order chi connectivity index (χ0) is 19.5. The molecule has 27 heavy (non-hydrogen) atoms. The van der Waals surface area contributed by atoms with Crippen LogP contribution < -0.4 is 5.73 Å². The van der Waals surface area contributed by atoms with Gasteiger partial charge >= 0.3 is 12.1 Å². The summed E-state index contributed by atoms with van der Waals surface area (Å²) < 4.78 is 5.40. The number of nitrogens with two attached hydrogens (primary N) is 1. The van der Waals surface area contributed by atoms with Crippen LogP contribution in [0.15, 0.2) is 60.7 Å². The van der Waals surface area contributed by atoms with Crippen LogP contribution in [-0.4, -0.2) is 34.7 Å². The molecule has 0 aromatic heterocycles. The van der Waals surface area contributed by atoms with Crippen LogP contribution in [0.25, 0.3) is 0 Å². The van der Waals surface area contributed by atoms with Crippen molar-refractivity contribution in [2.24, 2.45) is 5.73 Å². The Morgan fingerprint density at radius 3 is 2.11 bits per heavy atom. The second-order valence-corrected chi connectivity index (χ2v) is 6.29. The van der Waals surface area contributed by atoms with E-state index in [1.165, 1.54) is 4.90 Å². The van der Waals surface area contributed by atoms with Crippen molar-refractivity contribution >= 4 is 12.1 Å². The maximum Gasteiger partial charge on any atom is 0.411 e. The molecule has 6 nitrogen and oxygen atoms in total. The first-order valence-corrected chi connectivity index (χ1v) is 9.06. The van der Waals surface area contributed by atoms with Gasteiger partial charge in [-0.15, -0.1) is 0 Å². The van der Waals surface area contributed by atoms with Crippen LogP contribution in [-0.2, 0) is 22.7 Å². The van der Waals surface area contributed by atoms with Crippen LogP contribution in [0.2, 0.25) is 0 Å². The Morgan fingerprint density at radius 2 is 1.56 bits per heavy atom. The predicted molar refractivity (Wildman–Crippen MR) is 103 cm³/mol. The molecule has 0 aliphatic carbocycles. The number of carbonyl (C=O) groups excluding carboxylic acids is 1. The lowest BCUT2D eigenvalue weighted by molar-refractivity contribution is -0.143. The van der Waals surface area contributed by atoms with Gasteiger partial charge in [0.2, 0.25) is 0 Å². The minimum Gasteiger partial charge on any atom is -0.480 e. The lowest BCUT2D eigenvalue weighted by atomic mass is 10.1. The van der Waals surface area contributed by atoms with Crippen molar-refractivity contribution in [1.29, 1.82) is 0 Å². The van der Waals surface area contributed by atoms with E-state index in [0.29, 0.717) is 25.8 Å². The number of benzene rings is 2. The third kappa shape index (κ3) is 6.75. The minimum atomic E-state index is -1.04. The molecule has 144 valence electrons. The highest BCUT2D eigenvalue weighted by Gasteiger charge is 2.30. The summed E-state index contributed by atoms with van der Waals surface area (Å²) >= 11 is 0. The Bertz CT molecular complexity index is 707. The van der Waals surface area contributed by atoms with Crippen molar-refractivity contribution in [3.05, 3.63) is 71.8 Å². The number of hydrogen-bond donors (Lipinski definition) is 2. The third-order valence-corrected chi connectivity index (χ3v) is 4.23. The van der Waals surface area contributed by atoms with Gasteiger partial charge in [-0.2, -0.15) is 0 Å². The molecule has 0 unspecified atom stereocenters. The Labute approximate surface area is 159 Å². The number of aliphatic carboxylic acids is 1. The summed E-state index contributed by atoms with van der Waals surface area (Å²) in [7, 11) is 0. The zero-order valence-electron chi connectivity index (χ0n) is 15.3. The SMILES string of the molecule is NCCCC[C@@H](C(=O)O)N(Cc1ccccc1)C(=O)OCc1ccccc1. The van der Waals surface area contributed by atoms with Crippen molar-refractivity contribution in [3.8, 4) is 0 Å². The van der Waals surface area contributed by atoms with E-state index < -0.39 is 18.1 Å². The predicted octanol–water partition coefficient (Wildman–Crippen LogP) is 3.41. The number of hydrogen-bond acceptors (Lipinski definition) is 4. The summed E-state index contributed by atoms with van der Waals surface area (Å²) in [6.07, 6.45) is 1.04. The summed E-state index contributed by atoms with van der Waals surface area (Å²) in [6.45, 7) is 0.762. The molecule has 0 aliphatic rings. The number of carboxylic acid groups (broad SMARTS) is 1. The maximum absolute atomic E-state index is 12.7. The quantitative estimate of drug-likeness (QED) is 0.625. The molecule has 0 saturated heterocycles. The van der Waals surface area contributed by atoms with E-state index in [-0.39, 0.29) is 13.2 Å². The van der Waals surface area contributed by atoms with Gasteiger partial charge < -0.3 is 15.6 Å². The van der Waals surface area contributed by atoms with Gasteiger partial charge in [0, 0.05) is 6.54 Å². The molecule has 2 aromatic carbocycles. The molecule has 1 atom stereocenters. The van der Waals surface area contributed by atoms with E-state index in [1.54, 1.807) is 0 Å². The molecule has 0 heterocycles. The lowest BCUT2D eigenvalue weighted by Crippen LogP contribution is -2.45. The number of carboxylic acids is 1. The molecule has 0 bridgehead atoms. The van der Waals surface area contributed by atoms with Crippen LogP contribution in [0.5, 0.6) is 0 Å². The van der Waals surface area contributed by atoms with Gasteiger partial charge in [0.05, 0.1) is 0 Å². The van der Waals surface area contributed by atoms with Gasteiger partial charge in [-0.3, -0.25) is 4.90 Å². The topological polar surface area (TPSA) is 92.9 Å². The lowest BCUT2D eigenvalue weighted by Gasteiger charge is -2.28. The first kappa shape index (κ1) is 20.5.